The summed E-state index contributed by atoms with van der Waals surface area (Å²) >= 11 is 1.40. The molecule has 1 aromatic carbocycles. The lowest BCUT2D eigenvalue weighted by atomic mass is 10.2. The standard InChI is InChI=1S/C18H18N6O2S/c1-3-9-19-17(25)16-15(12-27-18-20-10-4-11-21-18)24(23-22-16)13-5-7-14(26-2)8-6-13/h3-8,10-11H,1,9,12H2,2H3,(H,19,25). The summed E-state index contributed by atoms with van der Waals surface area (Å²) in [6.07, 6.45) is 4.95. The fraction of sp³-hybridized carbons (Fsp3) is 0.167. The number of carbonyl (C=O) groups is 1. The van der Waals surface area contributed by atoms with Crippen LogP contribution >= 0.6 is 11.8 Å². The van der Waals surface area contributed by atoms with Crippen LogP contribution < -0.4 is 10.1 Å². The molecule has 0 saturated heterocycles. The van der Waals surface area contributed by atoms with Crippen LogP contribution in [0, 0.1) is 0 Å². The first kappa shape index (κ1) is 18.6. The Morgan fingerprint density at radius 2 is 2.04 bits per heavy atom. The van der Waals surface area contributed by atoms with Gasteiger partial charge in [-0.1, -0.05) is 23.1 Å². The molecule has 0 atom stereocenters. The normalized spacial score (nSPS) is 10.4. The Hall–Kier alpha value is -3.20. The minimum absolute atomic E-state index is 0.260. The SMILES string of the molecule is C=CCNC(=O)c1nnn(-c2ccc(OC)cc2)c1CSc1ncccn1. The van der Waals surface area contributed by atoms with Gasteiger partial charge in [-0.25, -0.2) is 14.6 Å². The maximum absolute atomic E-state index is 12.4. The van der Waals surface area contributed by atoms with Gasteiger partial charge in [0.1, 0.15) is 5.75 Å². The number of benzene rings is 1. The highest BCUT2D eigenvalue weighted by atomic mass is 32.2. The van der Waals surface area contributed by atoms with E-state index < -0.39 is 0 Å². The van der Waals surface area contributed by atoms with Crippen molar-refractivity contribution in [3.05, 3.63) is 66.8 Å². The first-order valence-corrected chi connectivity index (χ1v) is 9.09. The van der Waals surface area contributed by atoms with Crippen molar-refractivity contribution in [2.24, 2.45) is 0 Å². The van der Waals surface area contributed by atoms with Crippen LogP contribution in [0.2, 0.25) is 0 Å². The molecule has 27 heavy (non-hydrogen) atoms. The summed E-state index contributed by atoms with van der Waals surface area (Å²) in [4.78, 5) is 20.8. The summed E-state index contributed by atoms with van der Waals surface area (Å²) in [6.45, 7) is 3.96. The number of nitrogens with zero attached hydrogens (tertiary/aromatic N) is 5. The van der Waals surface area contributed by atoms with Gasteiger partial charge in [-0.2, -0.15) is 0 Å². The average Bonchev–Trinajstić information content (AvgIpc) is 3.15. The predicted molar refractivity (Wildman–Crippen MR) is 102 cm³/mol. The van der Waals surface area contributed by atoms with Crippen LogP contribution in [0.1, 0.15) is 16.2 Å². The fourth-order valence-corrected chi connectivity index (χ4v) is 3.08. The number of nitrogens with one attached hydrogen (secondary N) is 1. The summed E-state index contributed by atoms with van der Waals surface area (Å²) in [6, 6.07) is 9.11. The molecule has 0 aliphatic carbocycles. The first-order valence-electron chi connectivity index (χ1n) is 8.11. The zero-order valence-electron chi connectivity index (χ0n) is 14.7. The van der Waals surface area contributed by atoms with E-state index in [4.69, 9.17) is 4.74 Å². The third kappa shape index (κ3) is 4.50. The van der Waals surface area contributed by atoms with Gasteiger partial charge in [0.25, 0.3) is 5.91 Å². The third-order valence-electron chi connectivity index (χ3n) is 3.58. The molecular weight excluding hydrogens is 364 g/mol. The van der Waals surface area contributed by atoms with Crippen molar-refractivity contribution < 1.29 is 9.53 Å². The van der Waals surface area contributed by atoms with E-state index in [0.29, 0.717) is 23.1 Å². The van der Waals surface area contributed by atoms with E-state index in [9.17, 15) is 4.79 Å². The molecule has 0 bridgehead atoms. The summed E-state index contributed by atoms with van der Waals surface area (Å²) in [5.74, 6) is 0.857. The summed E-state index contributed by atoms with van der Waals surface area (Å²) in [7, 11) is 1.61. The number of amides is 1. The van der Waals surface area contributed by atoms with Gasteiger partial charge in [0.15, 0.2) is 10.9 Å². The summed E-state index contributed by atoms with van der Waals surface area (Å²) in [5.41, 5.74) is 1.69. The molecule has 3 rings (SSSR count). The molecule has 9 heteroatoms. The molecule has 0 unspecified atom stereocenters. The summed E-state index contributed by atoms with van der Waals surface area (Å²) in [5, 5.41) is 11.6. The van der Waals surface area contributed by atoms with E-state index in [1.165, 1.54) is 11.8 Å². The molecular formula is C18H18N6O2S. The van der Waals surface area contributed by atoms with Gasteiger partial charge >= 0.3 is 0 Å². The molecule has 2 aromatic heterocycles. The van der Waals surface area contributed by atoms with Crippen molar-refractivity contribution in [3.8, 4) is 11.4 Å². The number of carbonyl (C=O) groups excluding carboxylic acids is 1. The Bertz CT molecular complexity index is 911. The molecule has 0 fully saturated rings. The molecule has 0 aliphatic heterocycles. The topological polar surface area (TPSA) is 94.8 Å². The van der Waals surface area contributed by atoms with E-state index in [2.05, 4.69) is 32.2 Å². The van der Waals surface area contributed by atoms with Gasteiger partial charge in [-0.05, 0) is 30.3 Å². The quantitative estimate of drug-likeness (QED) is 0.363. The average molecular weight is 382 g/mol. The molecule has 0 spiro atoms. The number of methoxy groups -OCH3 is 1. The van der Waals surface area contributed by atoms with Crippen molar-refractivity contribution in [1.82, 2.24) is 30.3 Å². The monoisotopic (exact) mass is 382 g/mol. The minimum atomic E-state index is -0.306. The largest absolute Gasteiger partial charge is 0.497 e. The molecule has 2 heterocycles. The van der Waals surface area contributed by atoms with Crippen LogP contribution in [-0.4, -0.2) is 44.5 Å². The van der Waals surface area contributed by atoms with E-state index in [-0.39, 0.29) is 11.6 Å². The maximum Gasteiger partial charge on any atom is 0.274 e. The molecule has 0 saturated carbocycles. The Morgan fingerprint density at radius 3 is 2.70 bits per heavy atom. The lowest BCUT2D eigenvalue weighted by Gasteiger charge is -2.08. The van der Waals surface area contributed by atoms with Gasteiger partial charge in [0.05, 0.1) is 18.5 Å². The Kier molecular flexibility index (Phi) is 6.16. The molecule has 1 amide bonds. The van der Waals surface area contributed by atoms with Crippen molar-refractivity contribution in [1.29, 1.82) is 0 Å². The number of thioether (sulfide) groups is 1. The van der Waals surface area contributed by atoms with Crippen molar-refractivity contribution in [2.75, 3.05) is 13.7 Å². The number of hydrogen-bond acceptors (Lipinski definition) is 7. The predicted octanol–water partition coefficient (Wildman–Crippen LogP) is 2.27. The van der Waals surface area contributed by atoms with Crippen LogP contribution in [-0.2, 0) is 5.75 Å². The van der Waals surface area contributed by atoms with E-state index in [0.717, 1.165) is 11.4 Å². The van der Waals surface area contributed by atoms with E-state index >= 15 is 0 Å². The van der Waals surface area contributed by atoms with Gasteiger partial charge in [0.2, 0.25) is 0 Å². The number of rotatable bonds is 8. The number of hydrogen-bond donors (Lipinski definition) is 1. The van der Waals surface area contributed by atoms with Crippen LogP contribution in [0.25, 0.3) is 5.69 Å². The first-order chi connectivity index (χ1) is 13.2. The van der Waals surface area contributed by atoms with Crippen LogP contribution in [0.3, 0.4) is 0 Å². The molecule has 3 aromatic rings. The Balaban J connectivity index is 1.92. The second-order valence-electron chi connectivity index (χ2n) is 5.31. The van der Waals surface area contributed by atoms with Crippen molar-refractivity contribution in [3.63, 3.8) is 0 Å². The second-order valence-corrected chi connectivity index (χ2v) is 6.26. The highest BCUT2D eigenvalue weighted by Crippen LogP contribution is 2.23. The molecule has 0 aliphatic rings. The number of ether oxygens (including phenoxy) is 1. The smallest absolute Gasteiger partial charge is 0.274 e. The van der Waals surface area contributed by atoms with Crippen LogP contribution in [0.15, 0.2) is 60.5 Å². The molecule has 0 radical (unpaired) electrons. The Labute approximate surface area is 160 Å². The van der Waals surface area contributed by atoms with Gasteiger partial charge in [0, 0.05) is 24.7 Å². The van der Waals surface area contributed by atoms with Crippen molar-refractivity contribution in [2.45, 2.75) is 10.9 Å². The zero-order valence-corrected chi connectivity index (χ0v) is 15.5. The molecule has 1 N–H and O–H groups in total. The lowest BCUT2D eigenvalue weighted by molar-refractivity contribution is 0.0952. The van der Waals surface area contributed by atoms with Gasteiger partial charge in [-0.3, -0.25) is 4.79 Å². The highest BCUT2D eigenvalue weighted by molar-refractivity contribution is 7.98. The van der Waals surface area contributed by atoms with Gasteiger partial charge < -0.3 is 10.1 Å². The molecule has 8 nitrogen and oxygen atoms in total. The van der Waals surface area contributed by atoms with E-state index in [1.54, 1.807) is 36.3 Å². The number of aromatic nitrogens is 5. The van der Waals surface area contributed by atoms with Crippen molar-refractivity contribution >= 4 is 17.7 Å². The second kappa shape index (κ2) is 8.95. The summed E-state index contributed by atoms with van der Waals surface area (Å²) < 4.78 is 6.83. The Morgan fingerprint density at radius 1 is 1.30 bits per heavy atom. The third-order valence-corrected chi connectivity index (χ3v) is 4.47. The molecule has 138 valence electrons. The minimum Gasteiger partial charge on any atom is -0.497 e. The van der Waals surface area contributed by atoms with E-state index in [1.807, 2.05) is 24.3 Å². The maximum atomic E-state index is 12.4. The van der Waals surface area contributed by atoms with Crippen LogP contribution in [0.5, 0.6) is 5.75 Å². The highest BCUT2D eigenvalue weighted by Gasteiger charge is 2.21. The van der Waals surface area contributed by atoms with Gasteiger partial charge in [-0.15, -0.1) is 11.7 Å². The fourth-order valence-electron chi connectivity index (χ4n) is 2.28. The van der Waals surface area contributed by atoms with Crippen LogP contribution in [0.4, 0.5) is 0 Å². The zero-order chi connectivity index (χ0) is 19.1. The lowest BCUT2D eigenvalue weighted by Crippen LogP contribution is -2.25.